The van der Waals surface area contributed by atoms with Gasteiger partial charge in [-0.05, 0) is 49.4 Å². The fourth-order valence-electron chi connectivity index (χ4n) is 4.97. The van der Waals surface area contributed by atoms with Gasteiger partial charge in [-0.3, -0.25) is 14.7 Å². The SMILES string of the molecule is CC(C(=O)C[C@@H]1C[C@H](C)CN(c2ccc(C(F)(F)F)c3ncccc23)C1)N1CC(F)(F)C1. The predicted octanol–water partition coefficient (Wildman–Crippen LogP) is 5.01. The Morgan fingerprint density at radius 2 is 1.94 bits per heavy atom. The molecule has 3 heterocycles. The van der Waals surface area contributed by atoms with Crippen LogP contribution in [0.2, 0.25) is 0 Å². The van der Waals surface area contributed by atoms with E-state index in [2.05, 4.69) is 4.98 Å². The summed E-state index contributed by atoms with van der Waals surface area (Å²) in [5.74, 6) is -2.55. The van der Waals surface area contributed by atoms with Crippen LogP contribution in [0.5, 0.6) is 0 Å². The molecule has 4 nitrogen and oxygen atoms in total. The van der Waals surface area contributed by atoms with Gasteiger partial charge in [0.15, 0.2) is 0 Å². The molecule has 1 aromatic heterocycles. The number of carbonyl (C=O) groups excluding carboxylic acids is 1. The van der Waals surface area contributed by atoms with Gasteiger partial charge in [0.25, 0.3) is 5.92 Å². The van der Waals surface area contributed by atoms with Crippen molar-refractivity contribution in [2.45, 2.75) is 44.8 Å². The first kappa shape index (κ1) is 22.9. The Balaban J connectivity index is 1.53. The lowest BCUT2D eigenvalue weighted by Gasteiger charge is -2.43. The van der Waals surface area contributed by atoms with E-state index in [-0.39, 0.29) is 29.6 Å². The summed E-state index contributed by atoms with van der Waals surface area (Å²) in [6.45, 7) is 4.11. The Hall–Kier alpha value is -2.29. The fraction of sp³-hybridized carbons (Fsp3) is 0.565. The maximum Gasteiger partial charge on any atom is 0.418 e. The molecule has 0 spiro atoms. The average Bonchev–Trinajstić information content (AvgIpc) is 2.69. The predicted molar refractivity (Wildman–Crippen MR) is 112 cm³/mol. The number of likely N-dealkylation sites (tertiary alicyclic amines) is 1. The molecule has 32 heavy (non-hydrogen) atoms. The summed E-state index contributed by atoms with van der Waals surface area (Å²) >= 11 is 0. The number of alkyl halides is 5. The van der Waals surface area contributed by atoms with E-state index >= 15 is 0 Å². The van der Waals surface area contributed by atoms with E-state index in [1.54, 1.807) is 19.1 Å². The number of halogens is 5. The van der Waals surface area contributed by atoms with Crippen LogP contribution in [-0.4, -0.2) is 53.8 Å². The van der Waals surface area contributed by atoms with Crippen molar-refractivity contribution in [3.63, 3.8) is 0 Å². The highest BCUT2D eigenvalue weighted by Gasteiger charge is 2.47. The molecular formula is C23H26F5N3O. The number of anilines is 1. The summed E-state index contributed by atoms with van der Waals surface area (Å²) < 4.78 is 66.6. The summed E-state index contributed by atoms with van der Waals surface area (Å²) in [5.41, 5.74) is -0.190. The van der Waals surface area contributed by atoms with Gasteiger partial charge in [-0.2, -0.15) is 13.2 Å². The Morgan fingerprint density at radius 1 is 1.22 bits per heavy atom. The Labute approximate surface area is 183 Å². The molecule has 1 unspecified atom stereocenters. The number of hydrogen-bond donors (Lipinski definition) is 0. The van der Waals surface area contributed by atoms with Crippen molar-refractivity contribution in [3.8, 4) is 0 Å². The number of benzene rings is 1. The van der Waals surface area contributed by atoms with Crippen molar-refractivity contribution in [1.29, 1.82) is 0 Å². The van der Waals surface area contributed by atoms with Gasteiger partial charge in [-0.15, -0.1) is 0 Å². The zero-order chi connectivity index (χ0) is 23.3. The highest BCUT2D eigenvalue weighted by atomic mass is 19.4. The molecule has 4 rings (SSSR count). The third kappa shape index (κ3) is 4.58. The van der Waals surface area contributed by atoms with E-state index < -0.39 is 36.8 Å². The van der Waals surface area contributed by atoms with Crippen molar-refractivity contribution in [3.05, 3.63) is 36.0 Å². The van der Waals surface area contributed by atoms with Crippen molar-refractivity contribution in [2.75, 3.05) is 31.1 Å². The zero-order valence-electron chi connectivity index (χ0n) is 18.0. The number of hydrogen-bond acceptors (Lipinski definition) is 4. The Morgan fingerprint density at radius 3 is 2.59 bits per heavy atom. The topological polar surface area (TPSA) is 36.4 Å². The molecular weight excluding hydrogens is 429 g/mol. The van der Waals surface area contributed by atoms with Crippen molar-refractivity contribution < 1.29 is 26.7 Å². The van der Waals surface area contributed by atoms with Crippen molar-refractivity contribution >= 4 is 22.4 Å². The van der Waals surface area contributed by atoms with Gasteiger partial charge in [-0.25, -0.2) is 8.78 Å². The fourth-order valence-corrected chi connectivity index (χ4v) is 4.97. The van der Waals surface area contributed by atoms with Gasteiger partial charge < -0.3 is 4.90 Å². The number of fused-ring (bicyclic) bond motifs is 1. The van der Waals surface area contributed by atoms with Crippen LogP contribution in [0, 0.1) is 11.8 Å². The molecule has 0 radical (unpaired) electrons. The van der Waals surface area contributed by atoms with E-state index in [0.29, 0.717) is 24.2 Å². The summed E-state index contributed by atoms with van der Waals surface area (Å²) in [6.07, 6.45) is -2.08. The minimum atomic E-state index is -4.50. The second-order valence-corrected chi connectivity index (χ2v) is 9.25. The van der Waals surface area contributed by atoms with Gasteiger partial charge in [-0.1, -0.05) is 6.92 Å². The molecule has 174 valence electrons. The van der Waals surface area contributed by atoms with Gasteiger partial charge in [0.2, 0.25) is 0 Å². The second-order valence-electron chi connectivity index (χ2n) is 9.25. The van der Waals surface area contributed by atoms with Crippen LogP contribution in [-0.2, 0) is 11.0 Å². The van der Waals surface area contributed by atoms with Crippen LogP contribution in [0.1, 0.15) is 32.3 Å². The number of nitrogens with zero attached hydrogens (tertiary/aromatic N) is 3. The molecule has 3 atom stereocenters. The zero-order valence-corrected chi connectivity index (χ0v) is 18.0. The van der Waals surface area contributed by atoms with Gasteiger partial charge in [0.05, 0.1) is 30.2 Å². The molecule has 0 N–H and O–H groups in total. The van der Waals surface area contributed by atoms with Gasteiger partial charge in [0.1, 0.15) is 5.78 Å². The molecule has 2 aliphatic rings. The lowest BCUT2D eigenvalue weighted by molar-refractivity contribution is -0.155. The molecule has 1 aromatic carbocycles. The molecule has 2 fully saturated rings. The molecule has 2 aromatic rings. The number of carbonyl (C=O) groups is 1. The van der Waals surface area contributed by atoms with Gasteiger partial charge >= 0.3 is 6.18 Å². The molecule has 0 aliphatic carbocycles. The van der Waals surface area contributed by atoms with E-state index in [9.17, 15) is 26.7 Å². The number of aromatic nitrogens is 1. The normalized spacial score (nSPS) is 24.9. The van der Waals surface area contributed by atoms with Crippen LogP contribution < -0.4 is 4.90 Å². The van der Waals surface area contributed by atoms with Crippen LogP contribution in [0.15, 0.2) is 30.5 Å². The van der Waals surface area contributed by atoms with Gasteiger partial charge in [0, 0.05) is 36.8 Å². The van der Waals surface area contributed by atoms with E-state index in [0.717, 1.165) is 12.5 Å². The summed E-state index contributed by atoms with van der Waals surface area (Å²) in [4.78, 5) is 20.2. The first-order valence-electron chi connectivity index (χ1n) is 10.8. The smallest absolute Gasteiger partial charge is 0.370 e. The van der Waals surface area contributed by atoms with E-state index in [1.807, 2.05) is 11.8 Å². The molecule has 2 aliphatic heterocycles. The number of ketones is 1. The highest BCUT2D eigenvalue weighted by Crippen LogP contribution is 2.39. The molecule has 2 saturated heterocycles. The van der Waals surface area contributed by atoms with Crippen molar-refractivity contribution in [1.82, 2.24) is 9.88 Å². The van der Waals surface area contributed by atoms with Crippen LogP contribution >= 0.6 is 0 Å². The standard InChI is InChI=1S/C23H26F5N3O/c1-14-8-16(9-20(32)15(2)31-12-22(24,25)13-31)11-30(10-14)19-6-5-18(23(26,27)28)21-17(19)4-3-7-29-21/h3-7,14-16H,8-13H2,1-2H3/t14-,15?,16-/m0/s1. The number of Topliss-reactive ketones (excluding diaryl/α,β-unsaturated/α-hetero) is 1. The van der Waals surface area contributed by atoms with Crippen molar-refractivity contribution in [2.24, 2.45) is 11.8 Å². The summed E-state index contributed by atoms with van der Waals surface area (Å²) in [6, 6.07) is 5.24. The monoisotopic (exact) mass is 455 g/mol. The van der Waals surface area contributed by atoms with Crippen LogP contribution in [0.3, 0.4) is 0 Å². The summed E-state index contributed by atoms with van der Waals surface area (Å²) in [7, 11) is 0. The molecule has 0 bridgehead atoms. The van der Waals surface area contributed by atoms with Crippen LogP contribution in [0.25, 0.3) is 10.9 Å². The molecule has 0 saturated carbocycles. The molecule has 0 amide bonds. The lowest BCUT2D eigenvalue weighted by atomic mass is 9.85. The third-order valence-electron chi connectivity index (χ3n) is 6.51. The first-order valence-corrected chi connectivity index (χ1v) is 10.8. The summed E-state index contributed by atoms with van der Waals surface area (Å²) in [5, 5.41) is 0.428. The van der Waals surface area contributed by atoms with E-state index in [1.165, 1.54) is 17.2 Å². The number of piperidine rings is 1. The number of rotatable bonds is 5. The van der Waals surface area contributed by atoms with E-state index in [4.69, 9.17) is 0 Å². The Kier molecular flexibility index (Phi) is 5.90. The lowest BCUT2D eigenvalue weighted by Crippen LogP contribution is -2.61. The highest BCUT2D eigenvalue weighted by molar-refractivity contribution is 5.94. The average molecular weight is 455 g/mol. The quantitative estimate of drug-likeness (QED) is 0.594. The first-order chi connectivity index (χ1) is 14.9. The second kappa shape index (κ2) is 8.24. The van der Waals surface area contributed by atoms with Crippen LogP contribution in [0.4, 0.5) is 27.6 Å². The maximum atomic E-state index is 13.4. The minimum absolute atomic E-state index is 0.00417. The third-order valence-corrected chi connectivity index (χ3v) is 6.51. The minimum Gasteiger partial charge on any atom is -0.370 e. The Bertz CT molecular complexity index is 1000. The maximum absolute atomic E-state index is 13.4. The molecule has 9 heteroatoms. The largest absolute Gasteiger partial charge is 0.418 e. The number of pyridine rings is 1.